The second-order valence-electron chi connectivity index (χ2n) is 6.75. The molecule has 0 fully saturated rings. The maximum Gasteiger partial charge on any atom is 0.341 e. The van der Waals surface area contributed by atoms with Gasteiger partial charge in [-0.1, -0.05) is 31.5 Å². The maximum atomic E-state index is 12.7. The molecule has 0 unspecified atom stereocenters. The average molecular weight is 418 g/mol. The van der Waals surface area contributed by atoms with E-state index in [1.54, 1.807) is 11.3 Å². The first-order chi connectivity index (χ1) is 13.6. The number of fused-ring (bicyclic) bond motifs is 1. The van der Waals surface area contributed by atoms with Gasteiger partial charge in [0.05, 0.1) is 12.2 Å². The molecule has 1 aromatic heterocycles. The smallest absolute Gasteiger partial charge is 0.341 e. The minimum atomic E-state index is -0.271. The number of carbonyl (C=O) groups is 1. The van der Waals surface area contributed by atoms with E-state index in [4.69, 9.17) is 17.0 Å². The van der Waals surface area contributed by atoms with E-state index >= 15 is 0 Å². The molecule has 5 nitrogen and oxygen atoms in total. The quantitative estimate of drug-likeness (QED) is 0.494. The van der Waals surface area contributed by atoms with Gasteiger partial charge in [-0.3, -0.25) is 4.90 Å². The van der Waals surface area contributed by atoms with Crippen LogP contribution in [0.15, 0.2) is 30.3 Å². The summed E-state index contributed by atoms with van der Waals surface area (Å²) in [4.78, 5) is 16.4. The first kappa shape index (κ1) is 20.8. The van der Waals surface area contributed by atoms with Gasteiger partial charge in [-0.05, 0) is 56.2 Å². The molecule has 2 heterocycles. The molecule has 0 atom stereocenters. The highest BCUT2D eigenvalue weighted by molar-refractivity contribution is 7.80. The minimum absolute atomic E-state index is 0.271. The molecule has 28 heavy (non-hydrogen) atoms. The molecule has 7 heteroatoms. The number of para-hydroxylation sites is 1. The predicted molar refractivity (Wildman–Crippen MR) is 120 cm³/mol. The summed E-state index contributed by atoms with van der Waals surface area (Å²) in [6, 6.07) is 9.75. The Morgan fingerprint density at radius 1 is 1.25 bits per heavy atom. The molecular weight excluding hydrogens is 390 g/mol. The van der Waals surface area contributed by atoms with E-state index in [0.29, 0.717) is 17.3 Å². The third-order valence-corrected chi connectivity index (χ3v) is 6.04. The second-order valence-corrected chi connectivity index (χ2v) is 8.27. The molecule has 0 saturated carbocycles. The third-order valence-electron chi connectivity index (χ3n) is 4.70. The fourth-order valence-corrected chi connectivity index (χ4v) is 4.89. The number of anilines is 2. The molecular formula is C21H27N3O2S2. The molecule has 150 valence electrons. The highest BCUT2D eigenvalue weighted by Gasteiger charge is 2.29. The summed E-state index contributed by atoms with van der Waals surface area (Å²) >= 11 is 7.08. The number of unbranched alkanes of at least 4 members (excludes halogenated alkanes) is 1. The number of benzene rings is 1. The zero-order chi connectivity index (χ0) is 19.9. The molecule has 0 radical (unpaired) electrons. The summed E-state index contributed by atoms with van der Waals surface area (Å²) in [5.74, 6) is -0.271. The van der Waals surface area contributed by atoms with Crippen molar-refractivity contribution in [3.8, 4) is 0 Å². The average Bonchev–Trinajstić information content (AvgIpc) is 3.04. The van der Waals surface area contributed by atoms with Gasteiger partial charge in [0.25, 0.3) is 0 Å². The van der Waals surface area contributed by atoms with E-state index < -0.39 is 0 Å². The summed E-state index contributed by atoms with van der Waals surface area (Å²) < 4.78 is 5.34. The van der Waals surface area contributed by atoms with Crippen molar-refractivity contribution >= 4 is 45.3 Å². The fourth-order valence-electron chi connectivity index (χ4n) is 3.32. The second kappa shape index (κ2) is 10.0. The van der Waals surface area contributed by atoms with Crippen LogP contribution in [0.2, 0.25) is 0 Å². The van der Waals surface area contributed by atoms with Gasteiger partial charge in [0, 0.05) is 23.7 Å². The van der Waals surface area contributed by atoms with Crippen LogP contribution >= 0.6 is 23.6 Å². The lowest BCUT2D eigenvalue weighted by Gasteiger charge is -2.26. The Kier molecular flexibility index (Phi) is 7.42. The number of rotatable bonds is 7. The van der Waals surface area contributed by atoms with E-state index in [9.17, 15) is 4.79 Å². The lowest BCUT2D eigenvalue weighted by Crippen LogP contribution is -2.31. The van der Waals surface area contributed by atoms with Crippen molar-refractivity contribution in [3.05, 3.63) is 46.3 Å². The number of nitrogens with zero attached hydrogens (tertiary/aromatic N) is 1. The van der Waals surface area contributed by atoms with Crippen LogP contribution in [0.4, 0.5) is 10.7 Å². The van der Waals surface area contributed by atoms with E-state index in [-0.39, 0.29) is 5.97 Å². The van der Waals surface area contributed by atoms with Crippen molar-refractivity contribution in [2.45, 2.75) is 39.7 Å². The van der Waals surface area contributed by atoms with Crippen LogP contribution in [0.3, 0.4) is 0 Å². The van der Waals surface area contributed by atoms with Crippen LogP contribution in [-0.4, -0.2) is 35.7 Å². The van der Waals surface area contributed by atoms with Gasteiger partial charge in [0.2, 0.25) is 0 Å². The van der Waals surface area contributed by atoms with Gasteiger partial charge in [-0.2, -0.15) is 0 Å². The Morgan fingerprint density at radius 3 is 2.75 bits per heavy atom. The van der Waals surface area contributed by atoms with Crippen molar-refractivity contribution in [2.75, 3.05) is 30.3 Å². The summed E-state index contributed by atoms with van der Waals surface area (Å²) in [7, 11) is 0. The Balaban J connectivity index is 1.80. The number of carbonyl (C=O) groups excluding carboxylic acids is 1. The Hall–Kier alpha value is -1.96. The number of thiocarbonyl (C=S) groups is 1. The van der Waals surface area contributed by atoms with Crippen LogP contribution in [-0.2, 0) is 17.7 Å². The number of nitrogens with one attached hydrogen (secondary N) is 2. The normalized spacial score (nSPS) is 13.6. The van der Waals surface area contributed by atoms with E-state index in [2.05, 4.69) is 22.5 Å². The van der Waals surface area contributed by atoms with Gasteiger partial charge in [-0.25, -0.2) is 4.79 Å². The molecule has 1 aliphatic heterocycles. The first-order valence-electron chi connectivity index (χ1n) is 9.79. The molecule has 0 saturated heterocycles. The molecule has 0 aliphatic carbocycles. The summed E-state index contributed by atoms with van der Waals surface area (Å²) in [5.41, 5.74) is 2.67. The van der Waals surface area contributed by atoms with Crippen LogP contribution in [0.1, 0.15) is 47.5 Å². The van der Waals surface area contributed by atoms with Crippen LogP contribution < -0.4 is 10.6 Å². The van der Waals surface area contributed by atoms with Crippen molar-refractivity contribution in [1.82, 2.24) is 4.90 Å². The zero-order valence-electron chi connectivity index (χ0n) is 16.4. The van der Waals surface area contributed by atoms with E-state index in [1.165, 1.54) is 17.7 Å². The van der Waals surface area contributed by atoms with Gasteiger partial charge >= 0.3 is 5.97 Å². The molecule has 0 bridgehead atoms. The standard InChI is InChI=1S/C21H27N3O2S2/c1-3-5-12-24-13-11-16-17(14-24)28-19(18(16)20(25)26-4-2)23-21(27)22-15-9-7-6-8-10-15/h6-10H,3-5,11-14H2,1-2H3,(H2,22,23,27). The molecule has 0 amide bonds. The largest absolute Gasteiger partial charge is 0.462 e. The zero-order valence-corrected chi connectivity index (χ0v) is 18.0. The number of esters is 1. The summed E-state index contributed by atoms with van der Waals surface area (Å²) in [6.45, 7) is 7.35. The first-order valence-corrected chi connectivity index (χ1v) is 11.0. The van der Waals surface area contributed by atoms with Crippen molar-refractivity contribution in [1.29, 1.82) is 0 Å². The van der Waals surface area contributed by atoms with Crippen molar-refractivity contribution in [2.24, 2.45) is 0 Å². The number of hydrogen-bond acceptors (Lipinski definition) is 5. The Morgan fingerprint density at radius 2 is 2.04 bits per heavy atom. The maximum absolute atomic E-state index is 12.7. The number of ether oxygens (including phenoxy) is 1. The molecule has 1 aliphatic rings. The summed E-state index contributed by atoms with van der Waals surface area (Å²) in [5, 5.41) is 7.65. The SMILES string of the molecule is CCCCN1CCc2c(sc(NC(=S)Nc3ccccc3)c2C(=O)OCC)C1. The molecule has 3 rings (SSSR count). The molecule has 0 spiro atoms. The van der Waals surface area contributed by atoms with Gasteiger partial charge < -0.3 is 15.4 Å². The lowest BCUT2D eigenvalue weighted by molar-refractivity contribution is 0.0526. The summed E-state index contributed by atoms with van der Waals surface area (Å²) in [6.07, 6.45) is 3.25. The van der Waals surface area contributed by atoms with Crippen molar-refractivity contribution < 1.29 is 9.53 Å². The monoisotopic (exact) mass is 417 g/mol. The van der Waals surface area contributed by atoms with Crippen LogP contribution in [0.25, 0.3) is 0 Å². The predicted octanol–water partition coefficient (Wildman–Crippen LogP) is 4.89. The molecule has 2 N–H and O–H groups in total. The molecule has 2 aromatic rings. The van der Waals surface area contributed by atoms with Crippen LogP contribution in [0, 0.1) is 0 Å². The lowest BCUT2D eigenvalue weighted by atomic mass is 10.0. The van der Waals surface area contributed by atoms with Gasteiger partial charge in [0.1, 0.15) is 5.00 Å². The topological polar surface area (TPSA) is 53.6 Å². The number of hydrogen-bond donors (Lipinski definition) is 2. The van der Waals surface area contributed by atoms with E-state index in [1.807, 2.05) is 37.3 Å². The van der Waals surface area contributed by atoms with Crippen LogP contribution in [0.5, 0.6) is 0 Å². The van der Waals surface area contributed by atoms with Gasteiger partial charge in [0.15, 0.2) is 5.11 Å². The fraction of sp³-hybridized carbons (Fsp3) is 0.429. The Labute approximate surface area is 176 Å². The van der Waals surface area contributed by atoms with E-state index in [0.717, 1.165) is 42.3 Å². The highest BCUT2D eigenvalue weighted by atomic mass is 32.1. The van der Waals surface area contributed by atoms with Crippen molar-refractivity contribution in [3.63, 3.8) is 0 Å². The molecule has 1 aromatic carbocycles. The highest BCUT2D eigenvalue weighted by Crippen LogP contribution is 2.37. The number of thiophene rings is 1. The van der Waals surface area contributed by atoms with Gasteiger partial charge in [-0.15, -0.1) is 11.3 Å². The Bertz CT molecular complexity index is 821. The minimum Gasteiger partial charge on any atom is -0.462 e. The third kappa shape index (κ3) is 5.10.